The molecule has 0 spiro atoms. The van der Waals surface area contributed by atoms with E-state index in [1.165, 1.54) is 12.1 Å². The summed E-state index contributed by atoms with van der Waals surface area (Å²) < 4.78 is 18.6. The van der Waals surface area contributed by atoms with E-state index in [0.717, 1.165) is 5.69 Å². The Bertz CT molecular complexity index is 643. The molecule has 0 aliphatic heterocycles. The Labute approximate surface area is 117 Å². The Morgan fingerprint density at radius 3 is 2.55 bits per heavy atom. The summed E-state index contributed by atoms with van der Waals surface area (Å²) in [4.78, 5) is 1.81. The van der Waals surface area contributed by atoms with Crippen LogP contribution in [0.3, 0.4) is 0 Å². The molecule has 0 unspecified atom stereocenters. The first-order chi connectivity index (χ1) is 9.54. The molecule has 2 aromatic rings. The molecule has 0 heterocycles. The molecule has 0 amide bonds. The highest BCUT2D eigenvalue weighted by Crippen LogP contribution is 2.33. The van der Waals surface area contributed by atoms with Gasteiger partial charge in [-0.25, -0.2) is 4.39 Å². The highest BCUT2D eigenvalue weighted by atomic mass is 19.1. The van der Waals surface area contributed by atoms with Gasteiger partial charge in [0.1, 0.15) is 17.4 Å². The monoisotopic (exact) mass is 273 g/mol. The summed E-state index contributed by atoms with van der Waals surface area (Å²) in [5, 5.41) is 7.58. The third-order valence-electron chi connectivity index (χ3n) is 3.06. The zero-order valence-corrected chi connectivity index (χ0v) is 11.4. The Morgan fingerprint density at radius 1 is 1.20 bits per heavy atom. The largest absolute Gasteiger partial charge is 0.495 e. The number of amidine groups is 1. The van der Waals surface area contributed by atoms with Gasteiger partial charge in [-0.2, -0.15) is 0 Å². The smallest absolute Gasteiger partial charge is 0.142 e. The molecule has 2 rings (SSSR count). The van der Waals surface area contributed by atoms with Crippen LogP contribution in [0.15, 0.2) is 42.5 Å². The van der Waals surface area contributed by atoms with Crippen LogP contribution in [0.1, 0.15) is 5.56 Å². The number of anilines is 2. The van der Waals surface area contributed by atoms with E-state index in [-0.39, 0.29) is 5.84 Å². The fourth-order valence-electron chi connectivity index (χ4n) is 2.05. The lowest BCUT2D eigenvalue weighted by Gasteiger charge is -2.24. The molecular weight excluding hydrogens is 257 g/mol. The van der Waals surface area contributed by atoms with Gasteiger partial charge in [0.25, 0.3) is 0 Å². The average Bonchev–Trinajstić information content (AvgIpc) is 2.46. The van der Waals surface area contributed by atoms with Crippen molar-refractivity contribution >= 4 is 17.2 Å². The Morgan fingerprint density at radius 2 is 1.90 bits per heavy atom. The van der Waals surface area contributed by atoms with Gasteiger partial charge in [-0.1, -0.05) is 12.1 Å². The topological polar surface area (TPSA) is 62.3 Å². The van der Waals surface area contributed by atoms with E-state index >= 15 is 0 Å². The maximum absolute atomic E-state index is 13.3. The lowest BCUT2D eigenvalue weighted by atomic mass is 10.1. The summed E-state index contributed by atoms with van der Waals surface area (Å²) in [5.74, 6) is 0.0856. The number of ether oxygens (including phenoxy) is 1. The molecule has 0 fully saturated rings. The second-order valence-electron chi connectivity index (χ2n) is 4.31. The first-order valence-electron chi connectivity index (χ1n) is 6.05. The fraction of sp³-hybridized carbons (Fsp3) is 0.133. The molecule has 0 bridgehead atoms. The van der Waals surface area contributed by atoms with Crippen molar-refractivity contribution in [2.45, 2.75) is 0 Å². The number of hydrogen-bond acceptors (Lipinski definition) is 3. The lowest BCUT2D eigenvalue weighted by molar-refractivity contribution is 0.415. The fourth-order valence-corrected chi connectivity index (χ4v) is 2.05. The summed E-state index contributed by atoms with van der Waals surface area (Å²) in [5.41, 5.74) is 7.33. The number of para-hydroxylation sites is 2. The molecule has 0 atom stereocenters. The molecule has 2 aromatic carbocycles. The maximum atomic E-state index is 13.3. The molecule has 104 valence electrons. The quantitative estimate of drug-likeness (QED) is 0.665. The van der Waals surface area contributed by atoms with E-state index in [4.69, 9.17) is 15.9 Å². The van der Waals surface area contributed by atoms with Gasteiger partial charge in [0.05, 0.1) is 18.5 Å². The molecule has 0 aromatic heterocycles. The summed E-state index contributed by atoms with van der Waals surface area (Å²) in [6.45, 7) is 0. The zero-order valence-electron chi connectivity index (χ0n) is 11.4. The number of nitrogens with two attached hydrogens (primary N) is 1. The summed E-state index contributed by atoms with van der Waals surface area (Å²) in [6, 6.07) is 11.7. The number of nitrogens with zero attached hydrogens (tertiary/aromatic N) is 1. The van der Waals surface area contributed by atoms with Crippen molar-refractivity contribution in [1.29, 1.82) is 5.41 Å². The molecule has 0 aliphatic rings. The van der Waals surface area contributed by atoms with E-state index in [0.29, 0.717) is 17.0 Å². The minimum Gasteiger partial charge on any atom is -0.495 e. The lowest BCUT2D eigenvalue weighted by Crippen LogP contribution is -2.19. The minimum atomic E-state index is -0.424. The van der Waals surface area contributed by atoms with Crippen LogP contribution < -0.4 is 15.4 Å². The second kappa shape index (κ2) is 5.61. The summed E-state index contributed by atoms with van der Waals surface area (Å²) in [6.07, 6.45) is 0. The molecule has 20 heavy (non-hydrogen) atoms. The number of rotatable bonds is 4. The van der Waals surface area contributed by atoms with Gasteiger partial charge in [-0.15, -0.1) is 0 Å². The van der Waals surface area contributed by atoms with Gasteiger partial charge in [0.15, 0.2) is 0 Å². The van der Waals surface area contributed by atoms with E-state index in [1.54, 1.807) is 13.2 Å². The van der Waals surface area contributed by atoms with E-state index < -0.39 is 5.82 Å². The number of benzene rings is 2. The SMILES string of the molecule is COc1ccccc1N(C)c1ccc(F)cc1C(=N)N. The van der Waals surface area contributed by atoms with Crippen LogP contribution in [0.5, 0.6) is 5.75 Å². The van der Waals surface area contributed by atoms with E-state index in [1.807, 2.05) is 36.2 Å². The van der Waals surface area contributed by atoms with Crippen LogP contribution in [0, 0.1) is 11.2 Å². The molecule has 0 aliphatic carbocycles. The van der Waals surface area contributed by atoms with Crippen molar-refractivity contribution in [3.05, 3.63) is 53.8 Å². The van der Waals surface area contributed by atoms with Crippen molar-refractivity contribution < 1.29 is 9.13 Å². The highest BCUT2D eigenvalue weighted by Gasteiger charge is 2.15. The second-order valence-corrected chi connectivity index (χ2v) is 4.31. The van der Waals surface area contributed by atoms with E-state index in [9.17, 15) is 4.39 Å². The van der Waals surface area contributed by atoms with Crippen LogP contribution >= 0.6 is 0 Å². The molecule has 3 N–H and O–H groups in total. The van der Waals surface area contributed by atoms with Crippen LogP contribution in [-0.4, -0.2) is 20.0 Å². The van der Waals surface area contributed by atoms with Gasteiger partial charge >= 0.3 is 0 Å². The normalized spacial score (nSPS) is 10.2. The predicted octanol–water partition coefficient (Wildman–Crippen LogP) is 2.89. The highest BCUT2D eigenvalue weighted by molar-refractivity contribution is 6.01. The third-order valence-corrected chi connectivity index (χ3v) is 3.06. The van der Waals surface area contributed by atoms with Crippen molar-refractivity contribution in [2.24, 2.45) is 5.73 Å². The average molecular weight is 273 g/mol. The van der Waals surface area contributed by atoms with Crippen LogP contribution in [0.4, 0.5) is 15.8 Å². The molecular formula is C15H16FN3O. The van der Waals surface area contributed by atoms with Crippen LogP contribution in [-0.2, 0) is 0 Å². The molecule has 0 radical (unpaired) electrons. The third kappa shape index (κ3) is 2.56. The first kappa shape index (κ1) is 13.9. The Balaban J connectivity index is 2.53. The van der Waals surface area contributed by atoms with Crippen molar-refractivity contribution in [1.82, 2.24) is 0 Å². The van der Waals surface area contributed by atoms with Crippen LogP contribution in [0.2, 0.25) is 0 Å². The van der Waals surface area contributed by atoms with Gasteiger partial charge in [0, 0.05) is 12.6 Å². The van der Waals surface area contributed by atoms with Gasteiger partial charge in [-0.05, 0) is 30.3 Å². The first-order valence-corrected chi connectivity index (χ1v) is 6.05. The number of nitrogen functional groups attached to an aromatic ring is 1. The minimum absolute atomic E-state index is 0.179. The van der Waals surface area contributed by atoms with Gasteiger partial charge in [-0.3, -0.25) is 5.41 Å². The van der Waals surface area contributed by atoms with Crippen LogP contribution in [0.25, 0.3) is 0 Å². The van der Waals surface area contributed by atoms with Gasteiger partial charge in [0.2, 0.25) is 0 Å². The van der Waals surface area contributed by atoms with Gasteiger partial charge < -0.3 is 15.4 Å². The Hall–Kier alpha value is -2.56. The summed E-state index contributed by atoms with van der Waals surface area (Å²) in [7, 11) is 3.40. The number of nitrogens with one attached hydrogen (secondary N) is 1. The summed E-state index contributed by atoms with van der Waals surface area (Å²) >= 11 is 0. The number of hydrogen-bond donors (Lipinski definition) is 2. The standard InChI is InChI=1S/C15H16FN3O/c1-19(13-5-3-4-6-14(13)20-2)12-8-7-10(16)9-11(12)15(17)18/h3-9H,1-2H3,(H3,17,18). The molecule has 4 nitrogen and oxygen atoms in total. The van der Waals surface area contributed by atoms with Crippen molar-refractivity contribution in [3.63, 3.8) is 0 Å². The Kier molecular flexibility index (Phi) is 3.89. The molecule has 0 saturated carbocycles. The zero-order chi connectivity index (χ0) is 14.7. The molecule has 0 saturated heterocycles. The predicted molar refractivity (Wildman–Crippen MR) is 78.5 cm³/mol. The number of halogens is 1. The van der Waals surface area contributed by atoms with E-state index in [2.05, 4.69) is 0 Å². The van der Waals surface area contributed by atoms with Crippen molar-refractivity contribution in [3.8, 4) is 5.75 Å². The number of methoxy groups -OCH3 is 1. The maximum Gasteiger partial charge on any atom is 0.142 e. The van der Waals surface area contributed by atoms with Crippen molar-refractivity contribution in [2.75, 3.05) is 19.1 Å². The molecule has 5 heteroatoms.